The average Bonchev–Trinajstić information content (AvgIpc) is 2.77. The monoisotopic (exact) mass is 522 g/mol. The van der Waals surface area contributed by atoms with Crippen LogP contribution in [0.2, 0.25) is 5.02 Å². The van der Waals surface area contributed by atoms with Crippen molar-refractivity contribution in [3.63, 3.8) is 0 Å². The van der Waals surface area contributed by atoms with E-state index in [1.807, 2.05) is 32.9 Å². The second-order valence-electron chi connectivity index (χ2n) is 9.04. The minimum atomic E-state index is -4.01. The van der Waals surface area contributed by atoms with Crippen molar-refractivity contribution in [1.29, 1.82) is 0 Å². The van der Waals surface area contributed by atoms with Crippen molar-refractivity contribution < 1.29 is 18.0 Å². The predicted octanol–water partition coefficient (Wildman–Crippen LogP) is 3.51. The Labute approximate surface area is 214 Å². The number of carbonyl (C=O) groups is 2. The highest BCUT2D eigenvalue weighted by Crippen LogP contribution is 2.26. The molecule has 0 heterocycles. The molecule has 0 saturated heterocycles. The Morgan fingerprint density at radius 1 is 1.03 bits per heavy atom. The van der Waals surface area contributed by atoms with Crippen LogP contribution in [-0.4, -0.2) is 62.2 Å². The lowest BCUT2D eigenvalue weighted by Crippen LogP contribution is -2.53. The topological polar surface area (TPSA) is 90.0 Å². The third kappa shape index (κ3) is 7.19. The van der Waals surface area contributed by atoms with Gasteiger partial charge in [-0.2, -0.15) is 12.7 Å². The van der Waals surface area contributed by atoms with Crippen LogP contribution in [-0.2, 0) is 26.3 Å². The highest BCUT2D eigenvalue weighted by Gasteiger charge is 2.33. The molecule has 35 heavy (non-hydrogen) atoms. The number of amides is 2. The first-order valence-electron chi connectivity index (χ1n) is 11.4. The number of hydrogen-bond donors (Lipinski definition) is 1. The van der Waals surface area contributed by atoms with Crippen LogP contribution in [0.15, 0.2) is 42.5 Å². The van der Waals surface area contributed by atoms with E-state index < -0.39 is 28.7 Å². The van der Waals surface area contributed by atoms with Gasteiger partial charge < -0.3 is 10.2 Å². The third-order valence-electron chi connectivity index (χ3n) is 5.55. The lowest BCUT2D eigenvalue weighted by Gasteiger charge is -2.33. The molecule has 0 aliphatic carbocycles. The third-order valence-corrected chi connectivity index (χ3v) is 7.72. The molecule has 1 atom stereocenters. The molecule has 2 aromatic rings. The van der Waals surface area contributed by atoms with Crippen molar-refractivity contribution in [1.82, 2.24) is 14.5 Å². The number of anilines is 1. The molecule has 1 N–H and O–H groups in total. The van der Waals surface area contributed by atoms with Gasteiger partial charge in [0.1, 0.15) is 12.6 Å². The Morgan fingerprint density at radius 3 is 2.23 bits per heavy atom. The molecule has 8 nitrogen and oxygen atoms in total. The molecule has 10 heteroatoms. The first-order valence-corrected chi connectivity index (χ1v) is 13.1. The molecule has 2 rings (SSSR count). The van der Waals surface area contributed by atoms with E-state index in [9.17, 15) is 18.0 Å². The van der Waals surface area contributed by atoms with Crippen LogP contribution in [0, 0.1) is 13.8 Å². The minimum absolute atomic E-state index is 0.0494. The van der Waals surface area contributed by atoms with Crippen molar-refractivity contribution in [2.45, 2.75) is 53.2 Å². The number of aryl methyl sites for hydroxylation is 2. The van der Waals surface area contributed by atoms with E-state index in [1.54, 1.807) is 44.2 Å². The SMILES string of the molecule is Cc1ccc(C)c(N(CC(=O)N(Cc2ccccc2Cl)[C@H](C)C(=O)NC(C)C)S(=O)(=O)N(C)C)c1. The van der Waals surface area contributed by atoms with Gasteiger partial charge in [-0.05, 0) is 63.4 Å². The Morgan fingerprint density at radius 2 is 1.66 bits per heavy atom. The fourth-order valence-electron chi connectivity index (χ4n) is 3.49. The largest absolute Gasteiger partial charge is 0.352 e. The zero-order valence-electron chi connectivity index (χ0n) is 21.4. The van der Waals surface area contributed by atoms with E-state index in [1.165, 1.54) is 19.0 Å². The van der Waals surface area contributed by atoms with Gasteiger partial charge in [0.15, 0.2) is 0 Å². The molecular formula is C25H35ClN4O4S. The van der Waals surface area contributed by atoms with Gasteiger partial charge in [-0.1, -0.05) is 41.9 Å². The first-order chi connectivity index (χ1) is 16.2. The maximum absolute atomic E-state index is 13.7. The van der Waals surface area contributed by atoms with Gasteiger partial charge in [0.2, 0.25) is 11.8 Å². The lowest BCUT2D eigenvalue weighted by atomic mass is 10.1. The quantitative estimate of drug-likeness (QED) is 0.517. The number of rotatable bonds is 10. The summed E-state index contributed by atoms with van der Waals surface area (Å²) in [4.78, 5) is 27.9. The number of hydrogen-bond acceptors (Lipinski definition) is 4. The molecule has 2 amide bonds. The molecule has 0 radical (unpaired) electrons. The Kier molecular flexibility index (Phi) is 9.71. The summed E-state index contributed by atoms with van der Waals surface area (Å²) in [5.74, 6) is -0.864. The maximum Gasteiger partial charge on any atom is 0.304 e. The molecule has 2 aromatic carbocycles. The molecule has 0 spiro atoms. The second kappa shape index (κ2) is 11.9. The fourth-order valence-corrected chi connectivity index (χ4v) is 4.80. The standard InChI is InChI=1S/C25H35ClN4O4S/c1-17(2)27-25(32)20(5)29(15-21-10-8-9-11-22(21)26)24(31)16-30(35(33,34)28(6)7)23-14-18(3)12-13-19(23)4/h8-14,17,20H,15-16H2,1-7H3,(H,27,32)/t20-/m1/s1. The van der Waals surface area contributed by atoms with Crippen molar-refractivity contribution in [2.75, 3.05) is 24.9 Å². The summed E-state index contributed by atoms with van der Waals surface area (Å²) in [6.45, 7) is 8.50. The van der Waals surface area contributed by atoms with E-state index >= 15 is 0 Å². The second-order valence-corrected chi connectivity index (χ2v) is 11.5. The predicted molar refractivity (Wildman–Crippen MR) is 141 cm³/mol. The van der Waals surface area contributed by atoms with E-state index in [4.69, 9.17) is 11.6 Å². The molecule has 0 unspecified atom stereocenters. The van der Waals surface area contributed by atoms with Crippen LogP contribution in [0.3, 0.4) is 0 Å². The number of carbonyl (C=O) groups excluding carboxylic acids is 2. The normalized spacial score (nSPS) is 12.5. The van der Waals surface area contributed by atoms with E-state index in [2.05, 4.69) is 5.32 Å². The highest BCUT2D eigenvalue weighted by atomic mass is 35.5. The molecule has 192 valence electrons. The van der Waals surface area contributed by atoms with Crippen molar-refractivity contribution in [3.8, 4) is 0 Å². The van der Waals surface area contributed by atoms with Gasteiger partial charge >= 0.3 is 10.2 Å². The number of nitrogens with zero attached hydrogens (tertiary/aromatic N) is 3. The molecule has 0 bridgehead atoms. The van der Waals surface area contributed by atoms with Gasteiger partial charge in [-0.3, -0.25) is 9.59 Å². The Balaban J connectivity index is 2.53. The average molecular weight is 523 g/mol. The molecule has 0 aliphatic heterocycles. The number of halogens is 1. The van der Waals surface area contributed by atoms with E-state index in [-0.39, 0.29) is 18.5 Å². The van der Waals surface area contributed by atoms with Crippen LogP contribution in [0.4, 0.5) is 5.69 Å². The zero-order chi connectivity index (χ0) is 26.5. The van der Waals surface area contributed by atoms with Gasteiger partial charge in [-0.15, -0.1) is 0 Å². The summed E-state index contributed by atoms with van der Waals surface area (Å²) in [7, 11) is -1.18. The summed E-state index contributed by atoms with van der Waals surface area (Å²) in [6.07, 6.45) is 0. The van der Waals surface area contributed by atoms with E-state index in [0.29, 0.717) is 21.8 Å². The lowest BCUT2D eigenvalue weighted by molar-refractivity contribution is -0.139. The van der Waals surface area contributed by atoms with Crippen molar-refractivity contribution in [3.05, 3.63) is 64.2 Å². The molecule has 0 aromatic heterocycles. The zero-order valence-corrected chi connectivity index (χ0v) is 22.9. The van der Waals surface area contributed by atoms with Crippen molar-refractivity contribution >= 4 is 39.3 Å². The van der Waals surface area contributed by atoms with Crippen LogP contribution >= 0.6 is 11.6 Å². The van der Waals surface area contributed by atoms with Crippen LogP contribution in [0.25, 0.3) is 0 Å². The summed E-state index contributed by atoms with van der Waals surface area (Å²) in [5.41, 5.74) is 2.62. The first kappa shape index (κ1) is 28.6. The number of nitrogens with one attached hydrogen (secondary N) is 1. The molecule has 0 aliphatic rings. The van der Waals surface area contributed by atoms with Crippen molar-refractivity contribution in [2.24, 2.45) is 0 Å². The van der Waals surface area contributed by atoms with E-state index in [0.717, 1.165) is 14.2 Å². The molecular weight excluding hydrogens is 488 g/mol. The summed E-state index contributed by atoms with van der Waals surface area (Å²) >= 11 is 6.34. The van der Waals surface area contributed by atoms with Gasteiger partial charge in [0.05, 0.1) is 5.69 Å². The Hall–Kier alpha value is -2.62. The maximum atomic E-state index is 13.7. The highest BCUT2D eigenvalue weighted by molar-refractivity contribution is 7.90. The molecule has 0 saturated carbocycles. The molecule has 0 fully saturated rings. The number of benzene rings is 2. The summed E-state index contributed by atoms with van der Waals surface area (Å²) in [6, 6.07) is 11.5. The van der Waals surface area contributed by atoms with Crippen LogP contribution < -0.4 is 9.62 Å². The smallest absolute Gasteiger partial charge is 0.304 e. The summed E-state index contributed by atoms with van der Waals surface area (Å²) in [5, 5.41) is 3.28. The van der Waals surface area contributed by atoms with Gasteiger partial charge in [-0.25, -0.2) is 4.31 Å². The van der Waals surface area contributed by atoms with Crippen LogP contribution in [0.5, 0.6) is 0 Å². The Bertz CT molecular complexity index is 1170. The van der Waals surface area contributed by atoms with Crippen LogP contribution in [0.1, 0.15) is 37.5 Å². The van der Waals surface area contributed by atoms with Gasteiger partial charge in [0, 0.05) is 31.7 Å². The fraction of sp³-hybridized carbons (Fsp3) is 0.440. The summed E-state index contributed by atoms with van der Waals surface area (Å²) < 4.78 is 28.7. The minimum Gasteiger partial charge on any atom is -0.352 e. The van der Waals surface area contributed by atoms with Gasteiger partial charge in [0.25, 0.3) is 0 Å².